The van der Waals surface area contributed by atoms with Crippen molar-refractivity contribution in [3.05, 3.63) is 34.3 Å². The number of rotatable bonds is 5. The largest absolute Gasteiger partial charge is 0.464 e. The molecule has 4 heteroatoms. The second-order valence-corrected chi connectivity index (χ2v) is 5.61. The first kappa shape index (κ1) is 14.5. The zero-order valence-electron chi connectivity index (χ0n) is 11.5. The van der Waals surface area contributed by atoms with E-state index in [2.05, 4.69) is 15.9 Å². The van der Waals surface area contributed by atoms with Crippen molar-refractivity contribution in [1.29, 1.82) is 0 Å². The molecule has 19 heavy (non-hydrogen) atoms. The molecule has 0 amide bonds. The molecular weight excluding hydrogens is 308 g/mol. The zero-order valence-corrected chi connectivity index (χ0v) is 13.1. The van der Waals surface area contributed by atoms with Crippen LogP contribution in [0.1, 0.15) is 39.2 Å². The molecule has 0 aromatic heterocycles. The molecule has 1 aliphatic rings. The highest BCUT2D eigenvalue weighted by Gasteiger charge is 2.74. The van der Waals surface area contributed by atoms with Crippen LogP contribution in [0.4, 0.5) is 0 Å². The van der Waals surface area contributed by atoms with Crippen molar-refractivity contribution in [2.75, 3.05) is 6.61 Å². The van der Waals surface area contributed by atoms with Gasteiger partial charge in [0.05, 0.1) is 6.61 Å². The summed E-state index contributed by atoms with van der Waals surface area (Å²) in [6, 6.07) is 7.95. The van der Waals surface area contributed by atoms with Crippen molar-refractivity contribution in [2.45, 2.75) is 44.8 Å². The van der Waals surface area contributed by atoms with Crippen LogP contribution in [0.3, 0.4) is 0 Å². The van der Waals surface area contributed by atoms with Gasteiger partial charge in [0.25, 0.3) is 0 Å². The van der Waals surface area contributed by atoms with E-state index in [1.165, 1.54) is 0 Å². The van der Waals surface area contributed by atoms with E-state index in [4.69, 9.17) is 9.47 Å². The molecule has 2 atom stereocenters. The van der Waals surface area contributed by atoms with Gasteiger partial charge in [-0.05, 0) is 37.5 Å². The maximum atomic E-state index is 12.2. The van der Waals surface area contributed by atoms with Crippen LogP contribution in [0.5, 0.6) is 0 Å². The van der Waals surface area contributed by atoms with E-state index < -0.39 is 11.2 Å². The van der Waals surface area contributed by atoms with E-state index in [0.717, 1.165) is 16.5 Å². The Morgan fingerprint density at radius 3 is 2.32 bits per heavy atom. The number of hydrogen-bond acceptors (Lipinski definition) is 3. The van der Waals surface area contributed by atoms with Crippen LogP contribution in [-0.4, -0.2) is 18.2 Å². The molecular formula is C15H19BrO3. The van der Waals surface area contributed by atoms with Gasteiger partial charge in [-0.15, -0.1) is 0 Å². The predicted octanol–water partition coefficient (Wildman–Crippen LogP) is 3.80. The fourth-order valence-electron chi connectivity index (χ4n) is 2.80. The highest BCUT2D eigenvalue weighted by molar-refractivity contribution is 9.10. The van der Waals surface area contributed by atoms with Crippen molar-refractivity contribution < 1.29 is 14.3 Å². The minimum absolute atomic E-state index is 0.248. The van der Waals surface area contributed by atoms with Gasteiger partial charge in [-0.25, -0.2) is 4.79 Å². The molecule has 0 N–H and O–H groups in total. The second kappa shape index (κ2) is 5.25. The summed E-state index contributed by atoms with van der Waals surface area (Å²) in [7, 11) is 0. The number of carbonyl (C=O) groups is 1. The Kier molecular flexibility index (Phi) is 4.02. The quantitative estimate of drug-likeness (QED) is 0.610. The summed E-state index contributed by atoms with van der Waals surface area (Å²) in [5.41, 5.74) is -0.312. The SMILES string of the molecule is CCOC(=O)C1(CC)OC1(CC)c1ccc(Br)cc1. The van der Waals surface area contributed by atoms with Gasteiger partial charge < -0.3 is 9.47 Å². The molecule has 1 aromatic carbocycles. The Hall–Kier alpha value is -0.870. The third kappa shape index (κ3) is 2.11. The summed E-state index contributed by atoms with van der Waals surface area (Å²) in [4.78, 5) is 12.2. The molecule has 1 aromatic rings. The summed E-state index contributed by atoms with van der Waals surface area (Å²) in [5.74, 6) is -0.248. The minimum Gasteiger partial charge on any atom is -0.464 e. The molecule has 104 valence electrons. The standard InChI is InChI=1S/C15H19BrO3/c1-4-14(11-7-9-12(16)10-8-11)15(5-2,19-14)13(17)18-6-3/h7-10H,4-6H2,1-3H3. The number of carbonyl (C=O) groups excluding carboxylic acids is 1. The lowest BCUT2D eigenvalue weighted by Gasteiger charge is -2.17. The monoisotopic (exact) mass is 326 g/mol. The molecule has 1 aliphatic heterocycles. The van der Waals surface area contributed by atoms with Gasteiger partial charge in [0.1, 0.15) is 5.60 Å². The van der Waals surface area contributed by atoms with Gasteiger partial charge in [-0.3, -0.25) is 0 Å². The van der Waals surface area contributed by atoms with E-state index in [-0.39, 0.29) is 5.97 Å². The molecule has 3 nitrogen and oxygen atoms in total. The first-order valence-corrected chi connectivity index (χ1v) is 7.49. The van der Waals surface area contributed by atoms with Gasteiger partial charge in [-0.2, -0.15) is 0 Å². The van der Waals surface area contributed by atoms with Crippen LogP contribution >= 0.6 is 15.9 Å². The predicted molar refractivity (Wildman–Crippen MR) is 76.9 cm³/mol. The summed E-state index contributed by atoms with van der Waals surface area (Å²) in [5, 5.41) is 0. The van der Waals surface area contributed by atoms with Gasteiger partial charge in [0.2, 0.25) is 0 Å². The maximum absolute atomic E-state index is 12.2. The lowest BCUT2D eigenvalue weighted by molar-refractivity contribution is -0.149. The molecule has 1 saturated heterocycles. The third-order valence-corrected chi connectivity index (χ3v) is 4.40. The van der Waals surface area contributed by atoms with E-state index in [0.29, 0.717) is 13.0 Å². The summed E-state index contributed by atoms with van der Waals surface area (Å²) < 4.78 is 12.1. The molecule has 0 spiro atoms. The fourth-order valence-corrected chi connectivity index (χ4v) is 3.07. The van der Waals surface area contributed by atoms with E-state index in [1.807, 2.05) is 45.0 Å². The Morgan fingerprint density at radius 1 is 1.21 bits per heavy atom. The molecule has 1 heterocycles. The van der Waals surface area contributed by atoms with Gasteiger partial charge >= 0.3 is 5.97 Å². The topological polar surface area (TPSA) is 38.8 Å². The van der Waals surface area contributed by atoms with Crippen LogP contribution in [0.2, 0.25) is 0 Å². The molecule has 0 radical (unpaired) electrons. The normalized spacial score (nSPS) is 29.1. The van der Waals surface area contributed by atoms with Crippen molar-refractivity contribution in [1.82, 2.24) is 0 Å². The summed E-state index contributed by atoms with van der Waals surface area (Å²) in [6.07, 6.45) is 1.37. The van der Waals surface area contributed by atoms with E-state index >= 15 is 0 Å². The summed E-state index contributed by atoms with van der Waals surface area (Å²) >= 11 is 3.42. The third-order valence-electron chi connectivity index (χ3n) is 3.87. The number of ether oxygens (including phenoxy) is 2. The Morgan fingerprint density at radius 2 is 1.84 bits per heavy atom. The lowest BCUT2D eigenvalue weighted by atomic mass is 9.82. The number of benzene rings is 1. The van der Waals surface area contributed by atoms with E-state index in [9.17, 15) is 4.79 Å². The van der Waals surface area contributed by atoms with Crippen LogP contribution in [0.25, 0.3) is 0 Å². The van der Waals surface area contributed by atoms with Gasteiger partial charge in [0, 0.05) is 4.47 Å². The summed E-state index contributed by atoms with van der Waals surface area (Å²) in [6.45, 7) is 6.20. The molecule has 0 saturated carbocycles. The van der Waals surface area contributed by atoms with Gasteiger partial charge in [-0.1, -0.05) is 41.9 Å². The van der Waals surface area contributed by atoms with E-state index in [1.54, 1.807) is 0 Å². The average molecular weight is 327 g/mol. The minimum atomic E-state index is -0.814. The first-order chi connectivity index (χ1) is 9.06. The van der Waals surface area contributed by atoms with Crippen molar-refractivity contribution in [2.24, 2.45) is 0 Å². The average Bonchev–Trinajstić information content (AvgIpc) is 3.11. The van der Waals surface area contributed by atoms with Crippen LogP contribution in [0.15, 0.2) is 28.7 Å². The fraction of sp³-hybridized carbons (Fsp3) is 0.533. The Bertz CT molecular complexity index is 471. The van der Waals surface area contributed by atoms with Crippen molar-refractivity contribution in [3.8, 4) is 0 Å². The Balaban J connectivity index is 2.36. The number of epoxide rings is 1. The maximum Gasteiger partial charge on any atom is 0.341 e. The highest BCUT2D eigenvalue weighted by Crippen LogP contribution is 2.60. The van der Waals surface area contributed by atoms with Gasteiger partial charge in [0.15, 0.2) is 5.60 Å². The molecule has 2 unspecified atom stereocenters. The van der Waals surface area contributed by atoms with Crippen molar-refractivity contribution in [3.63, 3.8) is 0 Å². The Labute approximate surface area is 122 Å². The van der Waals surface area contributed by atoms with Crippen LogP contribution in [-0.2, 0) is 19.9 Å². The first-order valence-electron chi connectivity index (χ1n) is 6.69. The van der Waals surface area contributed by atoms with Crippen LogP contribution < -0.4 is 0 Å². The molecule has 2 rings (SSSR count). The lowest BCUT2D eigenvalue weighted by Crippen LogP contribution is -2.34. The number of hydrogen-bond donors (Lipinski definition) is 0. The highest BCUT2D eigenvalue weighted by atomic mass is 79.9. The zero-order chi connectivity index (χ0) is 14.1. The smallest absolute Gasteiger partial charge is 0.341 e. The van der Waals surface area contributed by atoms with Crippen molar-refractivity contribution >= 4 is 21.9 Å². The second-order valence-electron chi connectivity index (χ2n) is 4.69. The van der Waals surface area contributed by atoms with Crippen LogP contribution in [0, 0.1) is 0 Å². The molecule has 1 fully saturated rings. The molecule has 0 aliphatic carbocycles. The number of halogens is 1. The molecule has 0 bridgehead atoms. The number of esters is 1.